The van der Waals surface area contributed by atoms with Crippen LogP contribution in [0.1, 0.15) is 42.9 Å². The number of hydrogen-bond donors (Lipinski definition) is 1. The van der Waals surface area contributed by atoms with Gasteiger partial charge in [-0.25, -0.2) is 5.01 Å². The molecule has 0 radical (unpaired) electrons. The molecule has 0 saturated carbocycles. The van der Waals surface area contributed by atoms with Crippen molar-refractivity contribution in [3.05, 3.63) is 74.2 Å². The second-order valence-electron chi connectivity index (χ2n) is 6.61. The molecule has 0 spiro atoms. The quantitative estimate of drug-likeness (QED) is 0.489. The lowest BCUT2D eigenvalue weighted by Gasteiger charge is -2.22. The lowest BCUT2D eigenvalue weighted by Crippen LogP contribution is -2.27. The first kappa shape index (κ1) is 20.7. The van der Waals surface area contributed by atoms with Crippen LogP contribution in [0.2, 0.25) is 0 Å². The van der Waals surface area contributed by atoms with Gasteiger partial charge in [0.05, 0.1) is 16.7 Å². The van der Waals surface area contributed by atoms with E-state index in [0.717, 1.165) is 10.0 Å². The summed E-state index contributed by atoms with van der Waals surface area (Å²) < 4.78 is 0.914. The van der Waals surface area contributed by atoms with Crippen LogP contribution in [-0.2, 0) is 9.59 Å². The smallest absolute Gasteiger partial charge is 0.303 e. The SMILES string of the molecule is O=C(O)CCCC(=O)N1N=C(c2ccc(Br)cc2)C[C@H]1c1cccc([N+](=O)[O-])c1. The number of hydrogen-bond acceptors (Lipinski definition) is 5. The Morgan fingerprint density at radius 1 is 1.21 bits per heavy atom. The summed E-state index contributed by atoms with van der Waals surface area (Å²) in [5.74, 6) is -1.27. The maximum absolute atomic E-state index is 12.7. The van der Waals surface area contributed by atoms with Crippen LogP contribution in [0.5, 0.6) is 0 Å². The molecule has 3 rings (SSSR count). The molecule has 8 nitrogen and oxygen atoms in total. The van der Waals surface area contributed by atoms with Crippen molar-refractivity contribution >= 4 is 39.2 Å². The Morgan fingerprint density at radius 2 is 1.93 bits per heavy atom. The Kier molecular flexibility index (Phi) is 6.38. The van der Waals surface area contributed by atoms with Crippen LogP contribution < -0.4 is 0 Å². The summed E-state index contributed by atoms with van der Waals surface area (Å²) in [6, 6.07) is 13.2. The second kappa shape index (κ2) is 8.95. The van der Waals surface area contributed by atoms with Gasteiger partial charge in [0, 0.05) is 35.9 Å². The fourth-order valence-electron chi connectivity index (χ4n) is 3.17. The molecular formula is C20H18BrN3O5. The van der Waals surface area contributed by atoms with Crippen molar-refractivity contribution in [2.45, 2.75) is 31.7 Å². The topological polar surface area (TPSA) is 113 Å². The van der Waals surface area contributed by atoms with Crippen LogP contribution in [0.25, 0.3) is 0 Å². The fourth-order valence-corrected chi connectivity index (χ4v) is 3.43. The van der Waals surface area contributed by atoms with Crippen molar-refractivity contribution in [2.75, 3.05) is 0 Å². The number of halogens is 1. The van der Waals surface area contributed by atoms with E-state index in [1.807, 2.05) is 24.3 Å². The maximum atomic E-state index is 12.7. The highest BCUT2D eigenvalue weighted by atomic mass is 79.9. The molecule has 9 heteroatoms. The van der Waals surface area contributed by atoms with Crippen LogP contribution >= 0.6 is 15.9 Å². The van der Waals surface area contributed by atoms with E-state index in [9.17, 15) is 19.7 Å². The van der Waals surface area contributed by atoms with E-state index in [1.54, 1.807) is 12.1 Å². The predicted molar refractivity (Wildman–Crippen MR) is 109 cm³/mol. The number of carbonyl (C=O) groups is 2. The first-order valence-electron chi connectivity index (χ1n) is 8.97. The van der Waals surface area contributed by atoms with Crippen molar-refractivity contribution in [3.63, 3.8) is 0 Å². The molecule has 0 fully saturated rings. The minimum Gasteiger partial charge on any atom is -0.481 e. The van der Waals surface area contributed by atoms with Crippen LogP contribution in [0.15, 0.2) is 58.1 Å². The van der Waals surface area contributed by atoms with Crippen molar-refractivity contribution < 1.29 is 19.6 Å². The van der Waals surface area contributed by atoms with Gasteiger partial charge in [0.1, 0.15) is 0 Å². The molecule has 1 atom stereocenters. The Morgan fingerprint density at radius 3 is 2.59 bits per heavy atom. The molecule has 29 heavy (non-hydrogen) atoms. The molecule has 0 unspecified atom stereocenters. The lowest BCUT2D eigenvalue weighted by atomic mass is 9.98. The number of rotatable bonds is 7. The van der Waals surface area contributed by atoms with Crippen LogP contribution in [0.4, 0.5) is 5.69 Å². The standard InChI is InChI=1S/C20H18BrN3O5/c21-15-9-7-13(8-10-15)17-12-18(14-3-1-4-16(11-14)24(28)29)23(22-17)19(25)5-2-6-20(26)27/h1,3-4,7-11,18H,2,5-6,12H2,(H,26,27)/t18-/m0/s1. The summed E-state index contributed by atoms with van der Waals surface area (Å²) in [5, 5.41) is 25.8. The van der Waals surface area contributed by atoms with Gasteiger partial charge < -0.3 is 5.11 Å². The van der Waals surface area contributed by atoms with Crippen LogP contribution in [0, 0.1) is 10.1 Å². The molecule has 2 aromatic carbocycles. The third kappa shape index (κ3) is 5.05. The summed E-state index contributed by atoms with van der Waals surface area (Å²) in [4.78, 5) is 34.1. The van der Waals surface area contributed by atoms with Gasteiger partial charge in [-0.1, -0.05) is 40.2 Å². The van der Waals surface area contributed by atoms with Gasteiger partial charge in [-0.05, 0) is 29.7 Å². The number of nitrogens with zero attached hydrogens (tertiary/aromatic N) is 3. The largest absolute Gasteiger partial charge is 0.481 e. The third-order valence-corrected chi connectivity index (χ3v) is 5.12. The average molecular weight is 460 g/mol. The minimum absolute atomic E-state index is 0.0366. The van der Waals surface area contributed by atoms with E-state index in [4.69, 9.17) is 5.11 Å². The number of nitro benzene ring substituents is 1. The van der Waals surface area contributed by atoms with Crippen molar-refractivity contribution in [3.8, 4) is 0 Å². The van der Waals surface area contributed by atoms with Crippen molar-refractivity contribution in [1.29, 1.82) is 0 Å². The number of carbonyl (C=O) groups excluding carboxylic acids is 1. The van der Waals surface area contributed by atoms with Crippen LogP contribution in [0.3, 0.4) is 0 Å². The number of nitro groups is 1. The first-order chi connectivity index (χ1) is 13.8. The zero-order valence-corrected chi connectivity index (χ0v) is 16.9. The Balaban J connectivity index is 1.90. The molecular weight excluding hydrogens is 442 g/mol. The number of hydrazone groups is 1. The van der Waals surface area contributed by atoms with E-state index >= 15 is 0 Å². The van der Waals surface area contributed by atoms with Gasteiger partial charge in [0.25, 0.3) is 5.69 Å². The van der Waals surface area contributed by atoms with Crippen molar-refractivity contribution in [2.24, 2.45) is 5.10 Å². The molecule has 0 saturated heterocycles. The zero-order chi connectivity index (χ0) is 21.0. The monoisotopic (exact) mass is 459 g/mol. The molecule has 0 aromatic heterocycles. The highest BCUT2D eigenvalue weighted by Crippen LogP contribution is 2.35. The van der Waals surface area contributed by atoms with E-state index < -0.39 is 16.9 Å². The molecule has 1 amide bonds. The number of benzene rings is 2. The Labute approximate surface area is 175 Å². The highest BCUT2D eigenvalue weighted by Gasteiger charge is 2.33. The summed E-state index contributed by atoms with van der Waals surface area (Å²) in [5.41, 5.74) is 2.10. The van der Waals surface area contributed by atoms with E-state index in [-0.39, 0.29) is 30.9 Å². The Bertz CT molecular complexity index is 974. The second-order valence-corrected chi connectivity index (χ2v) is 7.53. The van der Waals surface area contributed by atoms with E-state index in [1.165, 1.54) is 17.1 Å². The molecule has 0 aliphatic carbocycles. The Hall–Kier alpha value is -3.07. The van der Waals surface area contributed by atoms with Gasteiger partial charge >= 0.3 is 5.97 Å². The molecule has 1 heterocycles. The minimum atomic E-state index is -0.964. The molecule has 2 aromatic rings. The number of non-ortho nitro benzene ring substituents is 1. The number of carboxylic acids is 1. The molecule has 150 valence electrons. The maximum Gasteiger partial charge on any atom is 0.303 e. The summed E-state index contributed by atoms with van der Waals surface area (Å²) >= 11 is 3.38. The highest BCUT2D eigenvalue weighted by molar-refractivity contribution is 9.10. The van der Waals surface area contributed by atoms with E-state index in [0.29, 0.717) is 17.7 Å². The molecule has 0 bridgehead atoms. The fraction of sp³-hybridized carbons (Fsp3) is 0.250. The van der Waals surface area contributed by atoms with Gasteiger partial charge in [-0.2, -0.15) is 5.10 Å². The number of amides is 1. The third-order valence-electron chi connectivity index (χ3n) is 4.59. The van der Waals surface area contributed by atoms with Gasteiger partial charge in [0.2, 0.25) is 5.91 Å². The van der Waals surface area contributed by atoms with Crippen LogP contribution in [-0.4, -0.2) is 32.6 Å². The normalized spacial score (nSPS) is 15.8. The average Bonchev–Trinajstić information content (AvgIpc) is 3.14. The number of aliphatic carboxylic acids is 1. The van der Waals surface area contributed by atoms with Gasteiger partial charge in [-0.15, -0.1) is 0 Å². The lowest BCUT2D eigenvalue weighted by molar-refractivity contribution is -0.385. The molecule has 1 aliphatic heterocycles. The summed E-state index contributed by atoms with van der Waals surface area (Å²) in [6.07, 6.45) is 0.544. The summed E-state index contributed by atoms with van der Waals surface area (Å²) in [6.45, 7) is 0. The van der Waals surface area contributed by atoms with Gasteiger partial charge in [-0.3, -0.25) is 19.7 Å². The zero-order valence-electron chi connectivity index (χ0n) is 15.3. The molecule has 1 N–H and O–H groups in total. The van der Waals surface area contributed by atoms with E-state index in [2.05, 4.69) is 21.0 Å². The van der Waals surface area contributed by atoms with Gasteiger partial charge in [0.15, 0.2) is 0 Å². The first-order valence-corrected chi connectivity index (χ1v) is 9.76. The molecule has 1 aliphatic rings. The predicted octanol–water partition coefficient (Wildman–Crippen LogP) is 4.29. The summed E-state index contributed by atoms with van der Waals surface area (Å²) in [7, 11) is 0. The number of carboxylic acid groups (broad SMARTS) is 1. The van der Waals surface area contributed by atoms with Crippen molar-refractivity contribution in [1.82, 2.24) is 5.01 Å².